The van der Waals surface area contributed by atoms with Crippen LogP contribution in [-0.4, -0.2) is 46.5 Å². The van der Waals surface area contributed by atoms with E-state index in [-0.39, 0.29) is 35.3 Å². The highest BCUT2D eigenvalue weighted by Crippen LogP contribution is 2.79. The summed E-state index contributed by atoms with van der Waals surface area (Å²) in [6, 6.07) is 23.6. The first-order chi connectivity index (χ1) is 25.2. The zero-order valence-corrected chi connectivity index (χ0v) is 30.0. The third-order valence-corrected chi connectivity index (χ3v) is 14.7. The molecule has 6 nitrogen and oxygen atoms in total. The van der Waals surface area contributed by atoms with Crippen LogP contribution in [0, 0.1) is 33.5 Å². The van der Waals surface area contributed by atoms with Crippen LogP contribution in [0.15, 0.2) is 103 Å². The maximum Gasteiger partial charge on any atom is 0.573 e. The maximum atomic E-state index is 15.0. The average Bonchev–Trinajstić information content (AvgIpc) is 3.62. The van der Waals surface area contributed by atoms with Gasteiger partial charge in [0.1, 0.15) is 11.4 Å². The van der Waals surface area contributed by atoms with E-state index in [1.54, 1.807) is 17.0 Å². The molecule has 1 N–H and O–H groups in total. The molecule has 0 radical (unpaired) electrons. The van der Waals surface area contributed by atoms with Crippen LogP contribution in [0.2, 0.25) is 0 Å². The minimum Gasteiger partial charge on any atom is -0.440 e. The average molecular weight is 724 g/mol. The molecule has 6 aliphatic carbocycles. The zero-order valence-electron chi connectivity index (χ0n) is 30.0. The van der Waals surface area contributed by atoms with Gasteiger partial charge in [-0.1, -0.05) is 98.8 Å². The number of halogens is 3. The molecule has 3 aromatic rings. The van der Waals surface area contributed by atoms with Crippen molar-refractivity contribution in [3.63, 3.8) is 0 Å². The standard InChI is InChI=1S/C44H44F3NO5/c1-39-19-16-32(49)24-41(39)22-23-43(34(25-41)37(50)31-12-10-30(11-13-31)29-6-4-3-5-7-29)35(39)17-20-40(2)36(43)18-21-42(40)27-48(38(51)53-42)26-28-8-14-33(15-9-28)52-44(45,46)47/h3-15,22-23,25,32,35-36,49H,16-21,24,26-27H2,1-2H3/t32-,35+,36+,39+,40-,41-,42+,43-/m0/s1. The van der Waals surface area contributed by atoms with Crippen LogP contribution in [-0.2, 0) is 11.3 Å². The predicted molar refractivity (Wildman–Crippen MR) is 193 cm³/mol. The van der Waals surface area contributed by atoms with Crippen molar-refractivity contribution in [3.05, 3.63) is 114 Å². The number of aliphatic hydroxyl groups is 1. The number of hydrogen-bond donors (Lipinski definition) is 1. The first-order valence-corrected chi connectivity index (χ1v) is 18.9. The second-order valence-corrected chi connectivity index (χ2v) is 17.0. The molecule has 3 spiro atoms. The third-order valence-electron chi connectivity index (χ3n) is 14.7. The largest absolute Gasteiger partial charge is 0.573 e. The molecule has 1 saturated heterocycles. The molecule has 4 fully saturated rings. The second kappa shape index (κ2) is 11.6. The zero-order chi connectivity index (χ0) is 37.0. The second-order valence-electron chi connectivity index (χ2n) is 17.0. The Morgan fingerprint density at radius 3 is 2.25 bits per heavy atom. The van der Waals surface area contributed by atoms with Crippen LogP contribution in [0.1, 0.15) is 74.7 Å². The van der Waals surface area contributed by atoms with E-state index in [2.05, 4.69) is 48.9 Å². The molecule has 1 heterocycles. The van der Waals surface area contributed by atoms with Crippen molar-refractivity contribution in [1.29, 1.82) is 0 Å². The van der Waals surface area contributed by atoms with E-state index < -0.39 is 40.4 Å². The fourth-order valence-electron chi connectivity index (χ4n) is 12.1. The number of alkyl halides is 3. The Bertz CT molecular complexity index is 2030. The Morgan fingerprint density at radius 1 is 0.868 bits per heavy atom. The summed E-state index contributed by atoms with van der Waals surface area (Å²) >= 11 is 0. The Labute approximate surface area is 307 Å². The molecule has 10 rings (SSSR count). The number of fused-ring (bicyclic) bond motifs is 2. The summed E-state index contributed by atoms with van der Waals surface area (Å²) < 4.78 is 48.7. The molecule has 7 aliphatic rings. The van der Waals surface area contributed by atoms with Crippen molar-refractivity contribution >= 4 is 11.9 Å². The Morgan fingerprint density at radius 2 is 1.53 bits per heavy atom. The van der Waals surface area contributed by atoms with Gasteiger partial charge in [0.25, 0.3) is 0 Å². The summed E-state index contributed by atoms with van der Waals surface area (Å²) in [5, 5.41) is 11.0. The molecule has 53 heavy (non-hydrogen) atoms. The van der Waals surface area contributed by atoms with Gasteiger partial charge in [-0.05, 0) is 91.0 Å². The molecule has 1 amide bonds. The fraction of sp³-hybridized carbons (Fsp3) is 0.455. The fourth-order valence-corrected chi connectivity index (χ4v) is 12.1. The lowest BCUT2D eigenvalue weighted by Crippen LogP contribution is -2.67. The lowest BCUT2D eigenvalue weighted by molar-refractivity contribution is -0.274. The van der Waals surface area contributed by atoms with Gasteiger partial charge in [0.2, 0.25) is 0 Å². The van der Waals surface area contributed by atoms with E-state index in [4.69, 9.17) is 4.74 Å². The number of amides is 1. The molecule has 1 aliphatic heterocycles. The number of carbonyl (C=O) groups excluding carboxylic acids is 2. The Hall–Kier alpha value is -4.37. The van der Waals surface area contributed by atoms with Crippen molar-refractivity contribution in [3.8, 4) is 16.9 Å². The number of ether oxygens (including phenoxy) is 2. The number of rotatable bonds is 6. The molecule has 0 unspecified atom stereocenters. The van der Waals surface area contributed by atoms with Crippen LogP contribution in [0.5, 0.6) is 5.75 Å². The number of benzene rings is 3. The minimum atomic E-state index is -4.78. The topological polar surface area (TPSA) is 76.1 Å². The van der Waals surface area contributed by atoms with Crippen LogP contribution in [0.3, 0.4) is 0 Å². The van der Waals surface area contributed by atoms with Crippen LogP contribution >= 0.6 is 0 Å². The smallest absolute Gasteiger partial charge is 0.440 e. The van der Waals surface area contributed by atoms with E-state index in [9.17, 15) is 23.1 Å². The number of ketones is 1. The summed E-state index contributed by atoms with van der Waals surface area (Å²) in [7, 11) is 0. The van der Waals surface area contributed by atoms with E-state index in [1.165, 1.54) is 12.1 Å². The minimum absolute atomic E-state index is 0.0219. The van der Waals surface area contributed by atoms with Gasteiger partial charge < -0.3 is 14.6 Å². The van der Waals surface area contributed by atoms with Crippen molar-refractivity contribution < 1.29 is 37.3 Å². The van der Waals surface area contributed by atoms with Gasteiger partial charge in [-0.3, -0.25) is 9.69 Å². The van der Waals surface area contributed by atoms with E-state index in [1.807, 2.05) is 42.5 Å². The monoisotopic (exact) mass is 723 g/mol. The summed E-state index contributed by atoms with van der Waals surface area (Å²) in [5.41, 5.74) is 1.91. The third kappa shape index (κ3) is 4.94. The number of nitrogens with zero attached hydrogens (tertiary/aromatic N) is 1. The summed E-state index contributed by atoms with van der Waals surface area (Å²) in [6.45, 7) is 5.20. The van der Waals surface area contributed by atoms with Gasteiger partial charge in [-0.25, -0.2) is 4.79 Å². The lowest BCUT2D eigenvalue weighted by atomic mass is 9.32. The number of carbonyl (C=O) groups is 2. The van der Waals surface area contributed by atoms with E-state index in [0.717, 1.165) is 48.8 Å². The normalized spacial score (nSPS) is 36.8. The van der Waals surface area contributed by atoms with Gasteiger partial charge in [0.05, 0.1) is 12.6 Å². The van der Waals surface area contributed by atoms with Gasteiger partial charge in [-0.15, -0.1) is 13.2 Å². The molecular weight excluding hydrogens is 679 g/mol. The van der Waals surface area contributed by atoms with Crippen LogP contribution in [0.4, 0.5) is 18.0 Å². The number of hydrogen-bond acceptors (Lipinski definition) is 5. The van der Waals surface area contributed by atoms with Gasteiger partial charge in [-0.2, -0.15) is 0 Å². The molecular formula is C44H44F3NO5. The van der Waals surface area contributed by atoms with Gasteiger partial charge in [0, 0.05) is 33.9 Å². The number of allylic oxidation sites excluding steroid dienone is 4. The van der Waals surface area contributed by atoms with Gasteiger partial charge in [0.15, 0.2) is 5.78 Å². The summed E-state index contributed by atoms with van der Waals surface area (Å²) in [4.78, 5) is 30.3. The highest BCUT2D eigenvalue weighted by Gasteiger charge is 2.76. The Balaban J connectivity index is 1.06. The van der Waals surface area contributed by atoms with Crippen molar-refractivity contribution in [2.45, 2.75) is 83.4 Å². The SMILES string of the molecule is C[C@]12CC[C@H]3[C@@]4(C=C[C@@]5(C=C4C(=O)c4ccc(-c6ccccc6)cc4)C[C@@H](O)CC[C@]35C)[C@@H]1CC[C@@]21CN(Cc2ccc(OC(F)(F)F)cc2)C(=O)O1. The maximum absolute atomic E-state index is 15.0. The predicted octanol–water partition coefficient (Wildman–Crippen LogP) is 9.69. The summed E-state index contributed by atoms with van der Waals surface area (Å²) in [5.74, 6) is -0.0856. The van der Waals surface area contributed by atoms with E-state index >= 15 is 4.79 Å². The molecule has 3 aromatic carbocycles. The van der Waals surface area contributed by atoms with Crippen molar-refractivity contribution in [2.24, 2.45) is 33.5 Å². The molecule has 0 aromatic heterocycles. The quantitative estimate of drug-likeness (QED) is 0.203. The lowest BCUT2D eigenvalue weighted by Gasteiger charge is -2.71. The number of Topliss-reactive ketones (excluding diaryl/α,β-unsaturated/α-hetero) is 1. The number of aliphatic hydroxyl groups excluding tert-OH is 1. The van der Waals surface area contributed by atoms with Crippen LogP contribution < -0.4 is 4.74 Å². The summed E-state index contributed by atoms with van der Waals surface area (Å²) in [6.07, 6.45) is 6.60. The van der Waals surface area contributed by atoms with Gasteiger partial charge >= 0.3 is 12.5 Å². The molecule has 2 bridgehead atoms. The first-order valence-electron chi connectivity index (χ1n) is 18.9. The first kappa shape index (κ1) is 34.4. The molecule has 8 atom stereocenters. The van der Waals surface area contributed by atoms with Crippen LogP contribution in [0.25, 0.3) is 11.1 Å². The van der Waals surface area contributed by atoms with E-state index in [0.29, 0.717) is 30.5 Å². The highest BCUT2D eigenvalue weighted by molar-refractivity contribution is 6.10. The highest BCUT2D eigenvalue weighted by atomic mass is 19.4. The van der Waals surface area contributed by atoms with Crippen molar-refractivity contribution in [1.82, 2.24) is 4.90 Å². The molecule has 3 saturated carbocycles. The Kier molecular flexibility index (Phi) is 7.51. The van der Waals surface area contributed by atoms with Crippen molar-refractivity contribution in [2.75, 3.05) is 6.54 Å². The molecule has 276 valence electrons. The molecule has 9 heteroatoms.